The molecule has 0 saturated carbocycles. The number of nitrogens with zero attached hydrogens (tertiary/aromatic N) is 2. The molecule has 1 aromatic rings. The summed E-state index contributed by atoms with van der Waals surface area (Å²) < 4.78 is 0. The largest absolute Gasteiger partial charge is 0.396 e. The maximum absolute atomic E-state index is 8.88. The highest BCUT2D eigenvalue weighted by Crippen LogP contribution is 2.25. The molecule has 0 spiro atoms. The SMILES string of the molecule is CCCNc1ncnc(SCCO)c1CCC. The van der Waals surface area contributed by atoms with Gasteiger partial charge in [0.05, 0.1) is 6.61 Å². The number of anilines is 1. The van der Waals surface area contributed by atoms with Crippen LogP contribution in [0.15, 0.2) is 11.4 Å². The summed E-state index contributed by atoms with van der Waals surface area (Å²) in [4.78, 5) is 8.61. The van der Waals surface area contributed by atoms with Gasteiger partial charge in [0.1, 0.15) is 17.2 Å². The van der Waals surface area contributed by atoms with E-state index in [9.17, 15) is 0 Å². The summed E-state index contributed by atoms with van der Waals surface area (Å²) in [6.45, 7) is 5.39. The fraction of sp³-hybridized carbons (Fsp3) is 0.667. The Morgan fingerprint density at radius 3 is 2.76 bits per heavy atom. The van der Waals surface area contributed by atoms with Crippen molar-refractivity contribution >= 4 is 17.6 Å². The minimum absolute atomic E-state index is 0.179. The lowest BCUT2D eigenvalue weighted by Gasteiger charge is -2.12. The number of thioether (sulfide) groups is 1. The lowest BCUT2D eigenvalue weighted by molar-refractivity contribution is 0.322. The number of rotatable bonds is 8. The summed E-state index contributed by atoms with van der Waals surface area (Å²) in [5, 5.41) is 13.2. The molecular weight excluding hydrogens is 234 g/mol. The molecule has 1 rings (SSSR count). The van der Waals surface area contributed by atoms with Crippen LogP contribution in [0.2, 0.25) is 0 Å². The Hall–Kier alpha value is -0.810. The van der Waals surface area contributed by atoms with Crippen molar-refractivity contribution < 1.29 is 5.11 Å². The second-order valence-corrected chi connectivity index (χ2v) is 4.84. The number of aromatic nitrogens is 2. The van der Waals surface area contributed by atoms with E-state index in [0.29, 0.717) is 5.75 Å². The first-order chi connectivity index (χ1) is 8.33. The molecule has 0 aromatic carbocycles. The van der Waals surface area contributed by atoms with Gasteiger partial charge in [-0.2, -0.15) is 0 Å². The second kappa shape index (κ2) is 8.31. The van der Waals surface area contributed by atoms with Crippen LogP contribution in [0.1, 0.15) is 32.3 Å². The number of nitrogens with one attached hydrogen (secondary N) is 1. The van der Waals surface area contributed by atoms with Gasteiger partial charge in [-0.15, -0.1) is 11.8 Å². The molecule has 0 bridgehead atoms. The molecule has 2 N–H and O–H groups in total. The Balaban J connectivity index is 2.86. The van der Waals surface area contributed by atoms with Crippen molar-refractivity contribution in [2.45, 2.75) is 38.1 Å². The molecule has 0 amide bonds. The molecule has 0 aliphatic carbocycles. The standard InChI is InChI=1S/C12H21N3OS/c1-3-5-10-11(13-6-4-2)14-9-15-12(10)17-8-7-16/h9,16H,3-8H2,1-2H3,(H,13,14,15). The molecule has 0 aliphatic rings. The van der Waals surface area contributed by atoms with Gasteiger partial charge >= 0.3 is 0 Å². The first-order valence-corrected chi connectivity index (χ1v) is 7.13. The molecular formula is C12H21N3OS. The van der Waals surface area contributed by atoms with Crippen molar-refractivity contribution in [3.8, 4) is 0 Å². The molecule has 0 fully saturated rings. The molecule has 17 heavy (non-hydrogen) atoms. The van der Waals surface area contributed by atoms with E-state index in [1.54, 1.807) is 18.1 Å². The summed E-state index contributed by atoms with van der Waals surface area (Å²) in [6, 6.07) is 0. The van der Waals surface area contributed by atoms with E-state index in [2.05, 4.69) is 29.1 Å². The lowest BCUT2D eigenvalue weighted by Crippen LogP contribution is -2.07. The van der Waals surface area contributed by atoms with Crippen LogP contribution in [0.4, 0.5) is 5.82 Å². The summed E-state index contributed by atoms with van der Waals surface area (Å²) in [6.07, 6.45) is 4.72. The predicted octanol–water partition coefficient (Wildman–Crippen LogP) is 2.34. The summed E-state index contributed by atoms with van der Waals surface area (Å²) in [5.41, 5.74) is 1.18. The normalized spacial score (nSPS) is 10.5. The van der Waals surface area contributed by atoms with Crippen molar-refractivity contribution in [1.29, 1.82) is 0 Å². The van der Waals surface area contributed by atoms with Crippen LogP contribution in [-0.2, 0) is 6.42 Å². The van der Waals surface area contributed by atoms with Crippen LogP contribution in [0.5, 0.6) is 0 Å². The van der Waals surface area contributed by atoms with Crippen LogP contribution in [0.25, 0.3) is 0 Å². The van der Waals surface area contributed by atoms with E-state index < -0.39 is 0 Å². The number of hydrogen-bond donors (Lipinski definition) is 2. The topological polar surface area (TPSA) is 58.0 Å². The van der Waals surface area contributed by atoms with Crippen molar-refractivity contribution in [3.63, 3.8) is 0 Å². The molecule has 0 radical (unpaired) electrons. The highest BCUT2D eigenvalue weighted by molar-refractivity contribution is 7.99. The summed E-state index contributed by atoms with van der Waals surface area (Å²) >= 11 is 1.59. The molecule has 1 aromatic heterocycles. The van der Waals surface area contributed by atoms with E-state index >= 15 is 0 Å². The Labute approximate surface area is 107 Å². The van der Waals surface area contributed by atoms with Gasteiger partial charge in [-0.3, -0.25) is 0 Å². The molecule has 4 nitrogen and oxygen atoms in total. The number of hydrogen-bond acceptors (Lipinski definition) is 5. The minimum atomic E-state index is 0.179. The fourth-order valence-corrected chi connectivity index (χ4v) is 2.31. The maximum atomic E-state index is 8.88. The monoisotopic (exact) mass is 255 g/mol. The van der Waals surface area contributed by atoms with E-state index in [-0.39, 0.29) is 6.61 Å². The summed E-state index contributed by atoms with van der Waals surface area (Å²) in [7, 11) is 0. The van der Waals surface area contributed by atoms with Gasteiger partial charge < -0.3 is 10.4 Å². The zero-order valence-corrected chi connectivity index (χ0v) is 11.4. The molecule has 5 heteroatoms. The first kappa shape index (κ1) is 14.3. The Kier molecular flexibility index (Phi) is 6.96. The molecule has 1 heterocycles. The third-order valence-electron chi connectivity index (χ3n) is 2.28. The van der Waals surface area contributed by atoms with Gasteiger partial charge in [-0.1, -0.05) is 20.3 Å². The van der Waals surface area contributed by atoms with Crippen LogP contribution < -0.4 is 5.32 Å². The van der Waals surface area contributed by atoms with Crippen molar-refractivity contribution in [1.82, 2.24) is 9.97 Å². The quantitative estimate of drug-likeness (QED) is 0.551. The number of aliphatic hydroxyl groups is 1. The van der Waals surface area contributed by atoms with Crippen LogP contribution in [0, 0.1) is 0 Å². The second-order valence-electron chi connectivity index (χ2n) is 3.75. The Morgan fingerprint density at radius 1 is 1.29 bits per heavy atom. The smallest absolute Gasteiger partial charge is 0.133 e. The van der Waals surface area contributed by atoms with Gasteiger partial charge in [-0.05, 0) is 12.8 Å². The zero-order valence-electron chi connectivity index (χ0n) is 10.6. The highest BCUT2D eigenvalue weighted by Gasteiger charge is 2.10. The first-order valence-electron chi connectivity index (χ1n) is 6.14. The zero-order chi connectivity index (χ0) is 12.5. The highest BCUT2D eigenvalue weighted by atomic mass is 32.2. The third-order valence-corrected chi connectivity index (χ3v) is 3.29. The number of aliphatic hydroxyl groups excluding tert-OH is 1. The minimum Gasteiger partial charge on any atom is -0.396 e. The van der Waals surface area contributed by atoms with E-state index in [1.807, 2.05) is 0 Å². The van der Waals surface area contributed by atoms with Crippen molar-refractivity contribution in [2.75, 3.05) is 24.2 Å². The average Bonchev–Trinajstić information content (AvgIpc) is 2.36. The van der Waals surface area contributed by atoms with E-state index in [0.717, 1.165) is 36.7 Å². The fourth-order valence-electron chi connectivity index (χ4n) is 1.53. The van der Waals surface area contributed by atoms with Gasteiger partial charge in [-0.25, -0.2) is 9.97 Å². The summed E-state index contributed by atoms with van der Waals surface area (Å²) in [5.74, 6) is 1.63. The van der Waals surface area contributed by atoms with Crippen molar-refractivity contribution in [2.24, 2.45) is 0 Å². The van der Waals surface area contributed by atoms with Crippen LogP contribution >= 0.6 is 11.8 Å². The Bertz CT molecular complexity index is 307. The third kappa shape index (κ3) is 4.52. The van der Waals surface area contributed by atoms with Crippen LogP contribution in [-0.4, -0.2) is 34.0 Å². The molecule has 96 valence electrons. The Morgan fingerprint density at radius 2 is 2.12 bits per heavy atom. The predicted molar refractivity (Wildman–Crippen MR) is 72.6 cm³/mol. The van der Waals surface area contributed by atoms with Crippen molar-refractivity contribution in [3.05, 3.63) is 11.9 Å². The lowest BCUT2D eigenvalue weighted by atomic mass is 10.2. The van der Waals surface area contributed by atoms with E-state index in [1.165, 1.54) is 5.56 Å². The van der Waals surface area contributed by atoms with Gasteiger partial charge in [0.2, 0.25) is 0 Å². The molecule has 0 aliphatic heterocycles. The maximum Gasteiger partial charge on any atom is 0.133 e. The average molecular weight is 255 g/mol. The molecule has 0 saturated heterocycles. The molecule has 0 atom stereocenters. The van der Waals surface area contributed by atoms with Gasteiger partial charge in [0.25, 0.3) is 0 Å². The van der Waals surface area contributed by atoms with E-state index in [4.69, 9.17) is 5.11 Å². The van der Waals surface area contributed by atoms with Gasteiger partial charge in [0.15, 0.2) is 0 Å². The van der Waals surface area contributed by atoms with Gasteiger partial charge in [0, 0.05) is 17.9 Å². The van der Waals surface area contributed by atoms with Crippen LogP contribution in [0.3, 0.4) is 0 Å². The molecule has 0 unspecified atom stereocenters.